The van der Waals surface area contributed by atoms with Crippen molar-refractivity contribution in [2.24, 2.45) is 0 Å². The van der Waals surface area contributed by atoms with Gasteiger partial charge in [0.25, 0.3) is 6.47 Å². The molecular formula is C10H10ClNO2. The number of hydrogen-bond acceptors (Lipinski definition) is 2. The minimum Gasteiger partial charge on any atom is -0.471 e. The molecule has 0 atom stereocenters. The summed E-state index contributed by atoms with van der Waals surface area (Å²) in [7, 11) is 1.31. The Morgan fingerprint density at radius 3 is 2.71 bits per heavy atom. The summed E-state index contributed by atoms with van der Waals surface area (Å²) in [5, 5.41) is 1.94. The minimum absolute atomic E-state index is 0.375. The zero-order chi connectivity index (χ0) is 10.4. The molecule has 0 radical (unpaired) electrons. The number of aromatic nitrogens is 1. The number of carbonyl (C=O) groups is 1. The molecule has 0 saturated carbocycles. The van der Waals surface area contributed by atoms with Crippen LogP contribution in [-0.2, 0) is 9.53 Å². The van der Waals surface area contributed by atoms with Crippen molar-refractivity contribution in [1.29, 1.82) is 0 Å². The molecule has 2 rings (SSSR count). The number of halogens is 1. The van der Waals surface area contributed by atoms with Crippen molar-refractivity contribution in [3.63, 3.8) is 0 Å². The summed E-state index contributed by atoms with van der Waals surface area (Å²) in [6.45, 7) is 0.375. The number of nitrogens with one attached hydrogen (secondary N) is 1. The Hall–Kier alpha value is -1.48. The first-order valence-electron chi connectivity index (χ1n) is 3.97. The van der Waals surface area contributed by atoms with Gasteiger partial charge in [0, 0.05) is 11.6 Å². The number of H-pyrrole nitrogens is 1. The second-order valence-corrected chi connectivity index (χ2v) is 2.92. The van der Waals surface area contributed by atoms with E-state index in [1.165, 1.54) is 7.11 Å². The van der Waals surface area contributed by atoms with Crippen LogP contribution in [0.5, 0.6) is 0 Å². The van der Waals surface area contributed by atoms with Gasteiger partial charge in [-0.25, -0.2) is 0 Å². The van der Waals surface area contributed by atoms with Crippen molar-refractivity contribution >= 4 is 29.0 Å². The lowest BCUT2D eigenvalue weighted by Crippen LogP contribution is -1.68. The molecule has 0 aliphatic rings. The van der Waals surface area contributed by atoms with E-state index in [9.17, 15) is 0 Å². The van der Waals surface area contributed by atoms with Gasteiger partial charge in [-0.3, -0.25) is 4.79 Å². The zero-order valence-corrected chi connectivity index (χ0v) is 8.41. The summed E-state index contributed by atoms with van der Waals surface area (Å²) in [5.74, 6) is 0. The Morgan fingerprint density at radius 1 is 1.43 bits per heavy atom. The Morgan fingerprint density at radius 2 is 2.14 bits per heavy atom. The Bertz CT molecular complexity index is 411. The number of methoxy groups -OCH3 is 1. The van der Waals surface area contributed by atoms with Crippen molar-refractivity contribution in [2.45, 2.75) is 0 Å². The number of para-hydroxylation sites is 1. The lowest BCUT2D eigenvalue weighted by Gasteiger charge is -1.90. The summed E-state index contributed by atoms with van der Waals surface area (Å²) < 4.78 is 3.86. The van der Waals surface area contributed by atoms with Crippen LogP contribution in [0.3, 0.4) is 0 Å². The van der Waals surface area contributed by atoms with E-state index in [4.69, 9.17) is 16.4 Å². The third-order valence-corrected chi connectivity index (χ3v) is 1.95. The quantitative estimate of drug-likeness (QED) is 0.737. The summed E-state index contributed by atoms with van der Waals surface area (Å²) in [4.78, 5) is 12.0. The first-order valence-corrected chi connectivity index (χ1v) is 4.35. The van der Waals surface area contributed by atoms with Crippen molar-refractivity contribution in [2.75, 3.05) is 7.11 Å². The van der Waals surface area contributed by atoms with E-state index in [0.29, 0.717) is 6.47 Å². The Kier molecular flexibility index (Phi) is 4.01. The molecule has 0 aliphatic heterocycles. The first kappa shape index (κ1) is 10.6. The highest BCUT2D eigenvalue weighted by Gasteiger charge is 1.95. The molecule has 0 fully saturated rings. The van der Waals surface area contributed by atoms with Crippen LogP contribution >= 0.6 is 11.6 Å². The molecule has 74 valence electrons. The lowest BCUT2D eigenvalue weighted by atomic mass is 10.2. The summed E-state index contributed by atoms with van der Waals surface area (Å²) in [5.41, 5.74) is 1.02. The van der Waals surface area contributed by atoms with Gasteiger partial charge in [0.2, 0.25) is 0 Å². The SMILES string of the molecule is COC=O.Clc1cccc2cc[nH]c12. The Balaban J connectivity index is 0.000000213. The molecule has 0 amide bonds. The molecule has 14 heavy (non-hydrogen) atoms. The van der Waals surface area contributed by atoms with Gasteiger partial charge in [-0.05, 0) is 12.1 Å². The largest absolute Gasteiger partial charge is 0.471 e. The van der Waals surface area contributed by atoms with E-state index < -0.39 is 0 Å². The number of rotatable bonds is 1. The highest BCUT2D eigenvalue weighted by atomic mass is 35.5. The topological polar surface area (TPSA) is 42.1 Å². The maximum absolute atomic E-state index is 8.95. The van der Waals surface area contributed by atoms with Crippen LogP contribution in [0.4, 0.5) is 0 Å². The van der Waals surface area contributed by atoms with E-state index in [2.05, 4.69) is 9.72 Å². The van der Waals surface area contributed by atoms with Gasteiger partial charge in [-0.1, -0.05) is 23.7 Å². The Labute approximate surface area is 86.6 Å². The van der Waals surface area contributed by atoms with Gasteiger partial charge in [0.1, 0.15) is 0 Å². The van der Waals surface area contributed by atoms with Crippen LogP contribution in [-0.4, -0.2) is 18.6 Å². The predicted octanol–water partition coefficient (Wildman–Crippen LogP) is 2.61. The average molecular weight is 212 g/mol. The van der Waals surface area contributed by atoms with Gasteiger partial charge in [0.15, 0.2) is 0 Å². The molecular weight excluding hydrogens is 202 g/mol. The number of benzene rings is 1. The number of carbonyl (C=O) groups excluding carboxylic acids is 1. The molecule has 0 spiro atoms. The molecule has 1 aromatic carbocycles. The molecule has 4 heteroatoms. The molecule has 1 heterocycles. The van der Waals surface area contributed by atoms with Crippen molar-refractivity contribution < 1.29 is 9.53 Å². The number of aromatic amines is 1. The highest BCUT2D eigenvalue weighted by molar-refractivity contribution is 6.35. The van der Waals surface area contributed by atoms with Crippen molar-refractivity contribution in [1.82, 2.24) is 4.98 Å². The van der Waals surface area contributed by atoms with E-state index in [1.807, 2.05) is 30.5 Å². The molecule has 1 aromatic heterocycles. The fraction of sp³-hybridized carbons (Fsp3) is 0.100. The van der Waals surface area contributed by atoms with Gasteiger partial charge in [0.05, 0.1) is 17.6 Å². The summed E-state index contributed by atoms with van der Waals surface area (Å²) >= 11 is 5.87. The molecule has 1 N–H and O–H groups in total. The molecule has 0 saturated heterocycles. The summed E-state index contributed by atoms with van der Waals surface area (Å²) in [6, 6.07) is 7.85. The van der Waals surface area contributed by atoms with Gasteiger partial charge < -0.3 is 9.72 Å². The smallest absolute Gasteiger partial charge is 0.292 e. The normalized spacial score (nSPS) is 9.00. The van der Waals surface area contributed by atoms with Crippen LogP contribution in [0.2, 0.25) is 5.02 Å². The third kappa shape index (κ3) is 2.50. The van der Waals surface area contributed by atoms with Crippen LogP contribution in [0.15, 0.2) is 30.5 Å². The molecule has 0 aliphatic carbocycles. The van der Waals surface area contributed by atoms with Crippen LogP contribution in [0, 0.1) is 0 Å². The third-order valence-electron chi connectivity index (χ3n) is 1.63. The number of ether oxygens (including phenoxy) is 1. The second kappa shape index (κ2) is 5.29. The molecule has 0 unspecified atom stereocenters. The monoisotopic (exact) mass is 211 g/mol. The second-order valence-electron chi connectivity index (χ2n) is 2.51. The highest BCUT2D eigenvalue weighted by Crippen LogP contribution is 2.20. The zero-order valence-electron chi connectivity index (χ0n) is 7.66. The maximum atomic E-state index is 8.95. The predicted molar refractivity (Wildman–Crippen MR) is 56.4 cm³/mol. The first-order chi connectivity index (χ1) is 6.79. The van der Waals surface area contributed by atoms with Gasteiger partial charge in [-0.15, -0.1) is 0 Å². The summed E-state index contributed by atoms with van der Waals surface area (Å²) in [6.07, 6.45) is 1.89. The molecule has 0 bridgehead atoms. The minimum atomic E-state index is 0.375. The van der Waals surface area contributed by atoms with Crippen LogP contribution in [0.25, 0.3) is 10.9 Å². The van der Waals surface area contributed by atoms with Crippen LogP contribution in [0.1, 0.15) is 0 Å². The fourth-order valence-electron chi connectivity index (χ4n) is 1.05. The standard InChI is InChI=1S/C8H6ClN.C2H4O2/c9-7-3-1-2-6-4-5-10-8(6)7;1-4-2-3/h1-5,10H;2H,1H3. The van der Waals surface area contributed by atoms with E-state index >= 15 is 0 Å². The van der Waals surface area contributed by atoms with E-state index in [0.717, 1.165) is 15.9 Å². The van der Waals surface area contributed by atoms with Crippen molar-refractivity contribution in [3.8, 4) is 0 Å². The van der Waals surface area contributed by atoms with Crippen molar-refractivity contribution in [3.05, 3.63) is 35.5 Å². The molecule has 2 aromatic rings. The number of hydrogen-bond donors (Lipinski definition) is 1. The molecule has 3 nitrogen and oxygen atoms in total. The van der Waals surface area contributed by atoms with Gasteiger partial charge >= 0.3 is 0 Å². The van der Waals surface area contributed by atoms with Gasteiger partial charge in [-0.2, -0.15) is 0 Å². The van der Waals surface area contributed by atoms with E-state index in [-0.39, 0.29) is 0 Å². The number of fused-ring (bicyclic) bond motifs is 1. The maximum Gasteiger partial charge on any atom is 0.292 e. The fourth-order valence-corrected chi connectivity index (χ4v) is 1.28. The lowest BCUT2D eigenvalue weighted by molar-refractivity contribution is -0.126. The average Bonchev–Trinajstić information content (AvgIpc) is 2.68. The van der Waals surface area contributed by atoms with Crippen LogP contribution < -0.4 is 0 Å². The van der Waals surface area contributed by atoms with E-state index in [1.54, 1.807) is 0 Å².